The Labute approximate surface area is 151 Å². The van der Waals surface area contributed by atoms with Crippen LogP contribution in [0.25, 0.3) is 22.6 Å². The normalized spacial score (nSPS) is 10.8. The van der Waals surface area contributed by atoms with E-state index >= 15 is 0 Å². The molecule has 0 saturated carbocycles. The summed E-state index contributed by atoms with van der Waals surface area (Å²) >= 11 is 0. The highest BCUT2D eigenvalue weighted by Gasteiger charge is 2.15. The van der Waals surface area contributed by atoms with Crippen molar-refractivity contribution >= 4 is 16.9 Å². The molecular weight excluding hydrogens is 324 g/mol. The van der Waals surface area contributed by atoms with Crippen LogP contribution in [0.4, 0.5) is 0 Å². The van der Waals surface area contributed by atoms with Crippen LogP contribution in [0.1, 0.15) is 5.56 Å². The summed E-state index contributed by atoms with van der Waals surface area (Å²) in [5.41, 5.74) is 3.59. The lowest BCUT2D eigenvalue weighted by Crippen LogP contribution is -2.27. The molecule has 128 valence electrons. The topological polar surface area (TPSA) is 59.8 Å². The maximum absolute atomic E-state index is 12.5. The summed E-state index contributed by atoms with van der Waals surface area (Å²) in [6, 6.07) is 23.4. The Morgan fingerprint density at radius 2 is 1.69 bits per heavy atom. The molecule has 4 rings (SSSR count). The van der Waals surface area contributed by atoms with Gasteiger partial charge in [0.2, 0.25) is 5.91 Å². The smallest absolute Gasteiger partial charge is 0.240 e. The first-order chi connectivity index (χ1) is 12.8. The Hall–Kier alpha value is -3.47. The summed E-state index contributed by atoms with van der Waals surface area (Å²) in [6.07, 6.45) is 1.73. The molecule has 1 amide bonds. The van der Waals surface area contributed by atoms with Crippen LogP contribution in [0.5, 0.6) is 0 Å². The molecule has 5 heteroatoms. The number of aromatic nitrogens is 3. The van der Waals surface area contributed by atoms with Gasteiger partial charge in [0.05, 0.1) is 11.0 Å². The third-order valence-corrected chi connectivity index (χ3v) is 4.18. The van der Waals surface area contributed by atoms with Crippen LogP contribution in [-0.2, 0) is 17.9 Å². The van der Waals surface area contributed by atoms with Gasteiger partial charge in [-0.25, -0.2) is 4.98 Å². The lowest BCUT2D eigenvalue weighted by molar-refractivity contribution is -0.121. The van der Waals surface area contributed by atoms with E-state index in [4.69, 9.17) is 0 Å². The largest absolute Gasteiger partial charge is 0.350 e. The van der Waals surface area contributed by atoms with Crippen molar-refractivity contribution in [2.24, 2.45) is 0 Å². The van der Waals surface area contributed by atoms with Gasteiger partial charge in [-0.15, -0.1) is 0 Å². The fourth-order valence-corrected chi connectivity index (χ4v) is 2.92. The summed E-state index contributed by atoms with van der Waals surface area (Å²) in [5.74, 6) is 0.635. The van der Waals surface area contributed by atoms with Gasteiger partial charge in [-0.2, -0.15) is 0 Å². The van der Waals surface area contributed by atoms with Crippen molar-refractivity contribution in [1.82, 2.24) is 19.9 Å². The number of nitrogens with zero attached hydrogens (tertiary/aromatic N) is 3. The van der Waals surface area contributed by atoms with E-state index in [-0.39, 0.29) is 12.5 Å². The Kier molecular flexibility index (Phi) is 4.43. The molecule has 0 fully saturated rings. The molecule has 0 spiro atoms. The van der Waals surface area contributed by atoms with E-state index < -0.39 is 0 Å². The zero-order valence-corrected chi connectivity index (χ0v) is 14.2. The van der Waals surface area contributed by atoms with Gasteiger partial charge in [0.25, 0.3) is 0 Å². The Morgan fingerprint density at radius 1 is 0.923 bits per heavy atom. The quantitative estimate of drug-likeness (QED) is 0.604. The van der Waals surface area contributed by atoms with Crippen molar-refractivity contribution in [3.8, 4) is 11.5 Å². The minimum atomic E-state index is -0.0609. The second-order valence-electron chi connectivity index (χ2n) is 5.99. The van der Waals surface area contributed by atoms with E-state index in [9.17, 15) is 4.79 Å². The summed E-state index contributed by atoms with van der Waals surface area (Å²) < 4.78 is 1.91. The molecule has 0 bridgehead atoms. The molecule has 26 heavy (non-hydrogen) atoms. The van der Waals surface area contributed by atoms with Crippen LogP contribution < -0.4 is 5.32 Å². The summed E-state index contributed by atoms with van der Waals surface area (Å²) in [7, 11) is 0. The number of fused-ring (bicyclic) bond motifs is 1. The molecule has 0 aliphatic carbocycles. The second-order valence-corrected chi connectivity index (χ2v) is 5.99. The van der Waals surface area contributed by atoms with Crippen LogP contribution in [0.15, 0.2) is 79.0 Å². The monoisotopic (exact) mass is 342 g/mol. The molecule has 0 unspecified atom stereocenters. The Balaban J connectivity index is 1.61. The molecule has 0 aliphatic heterocycles. The number of carbonyl (C=O) groups is 1. The first kappa shape index (κ1) is 16.0. The lowest BCUT2D eigenvalue weighted by atomic mass is 10.2. The van der Waals surface area contributed by atoms with Crippen molar-refractivity contribution < 1.29 is 4.79 Å². The van der Waals surface area contributed by atoms with Gasteiger partial charge in [0, 0.05) is 12.7 Å². The van der Waals surface area contributed by atoms with Gasteiger partial charge >= 0.3 is 0 Å². The van der Waals surface area contributed by atoms with Crippen molar-refractivity contribution in [2.75, 3.05) is 0 Å². The van der Waals surface area contributed by atoms with Gasteiger partial charge < -0.3 is 9.88 Å². The summed E-state index contributed by atoms with van der Waals surface area (Å²) in [6.45, 7) is 0.699. The van der Waals surface area contributed by atoms with E-state index in [1.807, 2.05) is 77.4 Å². The highest BCUT2D eigenvalue weighted by Crippen LogP contribution is 2.23. The van der Waals surface area contributed by atoms with Gasteiger partial charge in [-0.1, -0.05) is 48.5 Å². The van der Waals surface area contributed by atoms with E-state index in [0.29, 0.717) is 12.4 Å². The maximum Gasteiger partial charge on any atom is 0.240 e. The minimum absolute atomic E-state index is 0.0609. The molecule has 2 heterocycles. The molecule has 2 aromatic heterocycles. The average molecular weight is 342 g/mol. The van der Waals surface area contributed by atoms with Crippen LogP contribution in [0, 0.1) is 0 Å². The maximum atomic E-state index is 12.5. The number of carbonyl (C=O) groups excluding carboxylic acids is 1. The van der Waals surface area contributed by atoms with Crippen LogP contribution in [-0.4, -0.2) is 20.4 Å². The van der Waals surface area contributed by atoms with Crippen LogP contribution in [0.2, 0.25) is 0 Å². The molecule has 5 nitrogen and oxygen atoms in total. The minimum Gasteiger partial charge on any atom is -0.350 e. The molecule has 2 aromatic carbocycles. The molecule has 0 saturated heterocycles. The average Bonchev–Trinajstić information content (AvgIpc) is 3.06. The summed E-state index contributed by atoms with van der Waals surface area (Å²) in [4.78, 5) is 21.6. The molecule has 4 aromatic rings. The number of hydrogen-bond donors (Lipinski definition) is 1. The first-order valence-electron chi connectivity index (χ1n) is 8.48. The number of amides is 1. The highest BCUT2D eigenvalue weighted by atomic mass is 16.1. The van der Waals surface area contributed by atoms with E-state index in [0.717, 1.165) is 22.3 Å². The molecule has 0 atom stereocenters. The fraction of sp³-hybridized carbons (Fsp3) is 0.0952. The second kappa shape index (κ2) is 7.19. The summed E-state index contributed by atoms with van der Waals surface area (Å²) in [5, 5.41) is 2.97. The number of pyridine rings is 1. The number of para-hydroxylation sites is 2. The van der Waals surface area contributed by atoms with Crippen LogP contribution >= 0.6 is 0 Å². The fourth-order valence-electron chi connectivity index (χ4n) is 2.92. The predicted octanol–water partition coefficient (Wildman–Crippen LogP) is 3.41. The van der Waals surface area contributed by atoms with Gasteiger partial charge in [0.15, 0.2) is 5.82 Å². The van der Waals surface area contributed by atoms with E-state index in [1.54, 1.807) is 6.20 Å². The van der Waals surface area contributed by atoms with Gasteiger partial charge in [0.1, 0.15) is 12.2 Å². The number of benzene rings is 2. The highest BCUT2D eigenvalue weighted by molar-refractivity contribution is 5.84. The lowest BCUT2D eigenvalue weighted by Gasteiger charge is -2.10. The van der Waals surface area contributed by atoms with Crippen molar-refractivity contribution in [3.63, 3.8) is 0 Å². The number of rotatable bonds is 5. The Bertz CT molecular complexity index is 1030. The predicted molar refractivity (Wildman–Crippen MR) is 101 cm³/mol. The third-order valence-electron chi connectivity index (χ3n) is 4.18. The zero-order valence-electron chi connectivity index (χ0n) is 14.2. The number of hydrogen-bond acceptors (Lipinski definition) is 3. The van der Waals surface area contributed by atoms with Crippen molar-refractivity contribution in [2.45, 2.75) is 13.1 Å². The van der Waals surface area contributed by atoms with Crippen molar-refractivity contribution in [3.05, 3.63) is 84.6 Å². The van der Waals surface area contributed by atoms with Gasteiger partial charge in [-0.05, 0) is 29.8 Å². The van der Waals surface area contributed by atoms with Crippen molar-refractivity contribution in [1.29, 1.82) is 0 Å². The molecule has 0 radical (unpaired) electrons. The van der Waals surface area contributed by atoms with Gasteiger partial charge in [-0.3, -0.25) is 9.78 Å². The first-order valence-corrected chi connectivity index (χ1v) is 8.48. The molecular formula is C21H18N4O. The standard InChI is InChI=1S/C21H18N4O/c26-20(23-14-16-8-2-1-3-9-16)15-25-19-12-5-4-10-17(19)24-21(25)18-11-6-7-13-22-18/h1-13H,14-15H2,(H,23,26). The number of imidazole rings is 1. The van der Waals surface area contributed by atoms with Crippen LogP contribution in [0.3, 0.4) is 0 Å². The third kappa shape index (κ3) is 3.32. The SMILES string of the molecule is O=C(Cn1c(-c2ccccn2)nc2ccccc21)NCc1ccccc1. The number of nitrogens with one attached hydrogen (secondary N) is 1. The van der Waals surface area contributed by atoms with E-state index in [2.05, 4.69) is 15.3 Å². The Morgan fingerprint density at radius 3 is 2.50 bits per heavy atom. The molecule has 1 N–H and O–H groups in total. The van der Waals surface area contributed by atoms with E-state index in [1.165, 1.54) is 0 Å². The molecule has 0 aliphatic rings. The zero-order chi connectivity index (χ0) is 17.8.